The Kier molecular flexibility index (Phi) is 3.40. The third-order valence-electron chi connectivity index (χ3n) is 5.39. The molecule has 1 aliphatic carbocycles. The average Bonchev–Trinajstić information content (AvgIpc) is 2.89. The topological polar surface area (TPSA) is 48.0 Å². The lowest BCUT2D eigenvalue weighted by Gasteiger charge is -2.32. The fourth-order valence-corrected chi connectivity index (χ4v) is 3.40. The van der Waals surface area contributed by atoms with Gasteiger partial charge < -0.3 is 18.9 Å². The van der Waals surface area contributed by atoms with Gasteiger partial charge in [0.05, 0.1) is 17.1 Å². The molecule has 5 nitrogen and oxygen atoms in total. The molecule has 3 atom stereocenters. The van der Waals surface area contributed by atoms with Crippen molar-refractivity contribution in [2.75, 3.05) is 6.54 Å². The molecule has 0 aromatic rings. The molecule has 124 valence electrons. The normalized spacial score (nSPS) is 35.5. The second-order valence-electron chi connectivity index (χ2n) is 8.91. The Hall–Kier alpha value is -0.745. The Balaban J connectivity index is 1.76. The molecule has 0 N–H and O–H groups in total. The lowest BCUT2D eigenvalue weighted by Crippen LogP contribution is -2.50. The van der Waals surface area contributed by atoms with E-state index >= 15 is 0 Å². The molecule has 0 bridgehead atoms. The third kappa shape index (κ3) is 2.64. The summed E-state index contributed by atoms with van der Waals surface area (Å²) in [5, 5.41) is 0. The minimum atomic E-state index is -0.482. The minimum absolute atomic E-state index is 0.0269. The molecule has 2 saturated heterocycles. The van der Waals surface area contributed by atoms with Crippen LogP contribution in [0, 0.1) is 11.8 Å². The lowest BCUT2D eigenvalue weighted by atomic mass is 9.75. The minimum Gasteiger partial charge on any atom is -0.444 e. The number of carbonyl (C=O) groups excluding carboxylic acids is 1. The number of piperidine rings is 1. The van der Waals surface area contributed by atoms with Crippen LogP contribution in [0.15, 0.2) is 0 Å². The molecule has 0 radical (unpaired) electrons. The fourth-order valence-electron chi connectivity index (χ4n) is 3.40. The maximum Gasteiger partial charge on any atom is 0.482 e. The van der Waals surface area contributed by atoms with Crippen LogP contribution in [0.2, 0.25) is 0 Å². The van der Waals surface area contributed by atoms with Crippen molar-refractivity contribution in [2.45, 2.75) is 77.6 Å². The van der Waals surface area contributed by atoms with Crippen LogP contribution >= 0.6 is 0 Å². The number of hydrogen-bond donors (Lipinski definition) is 0. The number of fused-ring (bicyclic) bond motifs is 1. The van der Waals surface area contributed by atoms with Crippen LogP contribution in [0.5, 0.6) is 0 Å². The summed E-state index contributed by atoms with van der Waals surface area (Å²) >= 11 is 0. The summed E-state index contributed by atoms with van der Waals surface area (Å²) < 4.78 is 17.9. The molecular formula is C16H28BNO4. The highest BCUT2D eigenvalue weighted by Gasteiger charge is 2.65. The molecule has 2 aliphatic heterocycles. The van der Waals surface area contributed by atoms with Gasteiger partial charge in [0, 0.05) is 6.54 Å². The van der Waals surface area contributed by atoms with E-state index in [1.807, 2.05) is 53.4 Å². The first kappa shape index (κ1) is 16.1. The Morgan fingerprint density at radius 2 is 1.73 bits per heavy atom. The Bertz CT molecular complexity index is 469. The summed E-state index contributed by atoms with van der Waals surface area (Å²) in [5.41, 5.74) is -1.22. The lowest BCUT2D eigenvalue weighted by molar-refractivity contribution is 0.00578. The zero-order valence-corrected chi connectivity index (χ0v) is 14.8. The smallest absolute Gasteiger partial charge is 0.444 e. The van der Waals surface area contributed by atoms with Gasteiger partial charge in [-0.25, -0.2) is 4.79 Å². The number of amides is 1. The van der Waals surface area contributed by atoms with Crippen molar-refractivity contribution in [1.82, 2.24) is 4.90 Å². The maximum absolute atomic E-state index is 12.5. The van der Waals surface area contributed by atoms with Crippen molar-refractivity contribution >= 4 is 13.2 Å². The molecule has 0 aromatic carbocycles. The summed E-state index contributed by atoms with van der Waals surface area (Å²) in [6.45, 7) is 14.6. The highest BCUT2D eigenvalue weighted by molar-refractivity contribution is 6.48. The third-order valence-corrected chi connectivity index (χ3v) is 5.39. The number of rotatable bonds is 1. The van der Waals surface area contributed by atoms with E-state index in [2.05, 4.69) is 0 Å². The molecule has 1 amide bonds. The number of ether oxygens (including phenoxy) is 1. The van der Waals surface area contributed by atoms with Gasteiger partial charge in [0.1, 0.15) is 5.60 Å². The van der Waals surface area contributed by atoms with Gasteiger partial charge in [0.25, 0.3) is 0 Å². The van der Waals surface area contributed by atoms with Crippen LogP contribution in [0.4, 0.5) is 4.79 Å². The van der Waals surface area contributed by atoms with E-state index in [1.54, 1.807) is 0 Å². The van der Waals surface area contributed by atoms with Crippen molar-refractivity contribution < 1.29 is 18.8 Å². The molecule has 6 heteroatoms. The van der Waals surface area contributed by atoms with Crippen LogP contribution in [-0.2, 0) is 14.0 Å². The molecular weight excluding hydrogens is 281 g/mol. The Morgan fingerprint density at radius 3 is 2.23 bits per heavy atom. The van der Waals surface area contributed by atoms with Gasteiger partial charge in [-0.1, -0.05) is 0 Å². The molecule has 3 unspecified atom stereocenters. The quantitative estimate of drug-likeness (QED) is 0.699. The van der Waals surface area contributed by atoms with Crippen molar-refractivity contribution in [3.63, 3.8) is 0 Å². The van der Waals surface area contributed by atoms with Gasteiger partial charge in [-0.05, 0) is 66.7 Å². The first-order valence-corrected chi connectivity index (χ1v) is 8.26. The number of hydrogen-bond acceptors (Lipinski definition) is 4. The molecule has 0 spiro atoms. The largest absolute Gasteiger partial charge is 0.482 e. The first-order chi connectivity index (χ1) is 9.91. The summed E-state index contributed by atoms with van der Waals surface area (Å²) in [6, 6.07) is 0. The van der Waals surface area contributed by atoms with Crippen molar-refractivity contribution in [1.29, 1.82) is 0 Å². The number of likely N-dealkylation sites (tertiary alicyclic amines) is 1. The molecule has 0 aromatic heterocycles. The zero-order valence-electron chi connectivity index (χ0n) is 14.8. The van der Waals surface area contributed by atoms with Gasteiger partial charge in [0.15, 0.2) is 0 Å². The molecule has 3 aliphatic rings. The summed E-state index contributed by atoms with van der Waals surface area (Å²) in [6.07, 6.45) is 0.910. The van der Waals surface area contributed by atoms with Gasteiger partial charge in [-0.15, -0.1) is 0 Å². The second kappa shape index (κ2) is 4.63. The predicted octanol–water partition coefficient (Wildman–Crippen LogP) is 2.87. The molecule has 2 heterocycles. The van der Waals surface area contributed by atoms with E-state index in [-0.39, 0.29) is 30.4 Å². The highest BCUT2D eigenvalue weighted by Crippen LogP contribution is 2.53. The Morgan fingerprint density at radius 1 is 1.18 bits per heavy atom. The monoisotopic (exact) mass is 309 g/mol. The highest BCUT2D eigenvalue weighted by atomic mass is 16.7. The van der Waals surface area contributed by atoms with Crippen molar-refractivity contribution in [3.05, 3.63) is 0 Å². The van der Waals surface area contributed by atoms with Crippen LogP contribution in [0.25, 0.3) is 0 Å². The van der Waals surface area contributed by atoms with E-state index in [4.69, 9.17) is 14.0 Å². The Labute approximate surface area is 133 Å². The molecule has 1 saturated carbocycles. The fraction of sp³-hybridized carbons (Fsp3) is 0.938. The standard InChI is InChI=1S/C16H28BNO4/c1-14(2,3)20-13(19)18-9-10-8-11(10)12(18)17-21-15(4,5)16(6,7)22-17/h10-12H,8-9H2,1-7H3. The SMILES string of the molecule is CC(C)(C)OC(=O)N1CC2CC2C1B1OC(C)(C)C(C)(C)O1. The van der Waals surface area contributed by atoms with Crippen LogP contribution in [0.3, 0.4) is 0 Å². The predicted molar refractivity (Wildman–Crippen MR) is 84.4 cm³/mol. The van der Waals surface area contributed by atoms with Gasteiger partial charge >= 0.3 is 13.2 Å². The second-order valence-corrected chi connectivity index (χ2v) is 8.91. The van der Waals surface area contributed by atoms with Crippen molar-refractivity contribution in [3.8, 4) is 0 Å². The zero-order chi connectivity index (χ0) is 16.5. The summed E-state index contributed by atoms with van der Waals surface area (Å²) in [4.78, 5) is 14.3. The number of carbonyl (C=O) groups is 1. The van der Waals surface area contributed by atoms with E-state index in [0.29, 0.717) is 11.8 Å². The molecule has 3 fully saturated rings. The molecule has 22 heavy (non-hydrogen) atoms. The van der Waals surface area contributed by atoms with E-state index in [0.717, 1.165) is 13.0 Å². The summed E-state index contributed by atoms with van der Waals surface area (Å²) in [5.74, 6) is 1.04. The van der Waals surface area contributed by atoms with Crippen molar-refractivity contribution in [2.24, 2.45) is 11.8 Å². The van der Waals surface area contributed by atoms with E-state index in [9.17, 15) is 4.79 Å². The van der Waals surface area contributed by atoms with Crippen LogP contribution in [0.1, 0.15) is 54.9 Å². The van der Waals surface area contributed by atoms with E-state index < -0.39 is 5.60 Å². The van der Waals surface area contributed by atoms with Crippen LogP contribution < -0.4 is 0 Å². The maximum atomic E-state index is 12.5. The van der Waals surface area contributed by atoms with Crippen LogP contribution in [-0.4, -0.2) is 47.4 Å². The average molecular weight is 309 g/mol. The summed E-state index contributed by atoms with van der Waals surface area (Å²) in [7, 11) is -0.366. The van der Waals surface area contributed by atoms with Gasteiger partial charge in [-0.3, -0.25) is 0 Å². The van der Waals surface area contributed by atoms with E-state index in [1.165, 1.54) is 0 Å². The number of nitrogens with zero attached hydrogens (tertiary/aromatic N) is 1. The molecule has 3 rings (SSSR count). The first-order valence-electron chi connectivity index (χ1n) is 8.26. The van der Waals surface area contributed by atoms with Gasteiger partial charge in [-0.2, -0.15) is 0 Å². The van der Waals surface area contributed by atoms with Gasteiger partial charge in [0.2, 0.25) is 0 Å².